The minimum absolute atomic E-state index is 0. The summed E-state index contributed by atoms with van der Waals surface area (Å²) < 4.78 is 5.42. The average molecular weight is 485 g/mol. The molecule has 0 aromatic heterocycles. The van der Waals surface area contributed by atoms with Crippen molar-refractivity contribution in [2.75, 3.05) is 51.3 Å². The van der Waals surface area contributed by atoms with Gasteiger partial charge in [0.05, 0.1) is 23.3 Å². The van der Waals surface area contributed by atoms with Crippen molar-refractivity contribution < 1.29 is 9.53 Å². The molecule has 168 valence electrons. The number of nitrogens with zero attached hydrogens (tertiary/aromatic N) is 2. The Labute approximate surface area is 200 Å². The number of halogens is 3. The van der Waals surface area contributed by atoms with Crippen LogP contribution in [0.15, 0.2) is 42.5 Å². The van der Waals surface area contributed by atoms with Crippen LogP contribution in [-0.4, -0.2) is 63.3 Å². The quantitative estimate of drug-likeness (QED) is 0.695. The predicted molar refractivity (Wildman–Crippen MR) is 129 cm³/mol. The first-order valence-electron chi connectivity index (χ1n) is 10.4. The molecule has 2 aliphatic heterocycles. The average Bonchev–Trinajstić information content (AvgIpc) is 2.80. The van der Waals surface area contributed by atoms with E-state index in [1.54, 1.807) is 0 Å². The van der Waals surface area contributed by atoms with Gasteiger partial charge >= 0.3 is 0 Å². The number of likely N-dealkylation sites (N-methyl/N-ethyl adjacent to an activating group) is 1. The van der Waals surface area contributed by atoms with Crippen LogP contribution < -0.4 is 10.2 Å². The van der Waals surface area contributed by atoms with E-state index in [0.717, 1.165) is 57.1 Å². The number of morpholine rings is 1. The Hall–Kier alpha value is -1.50. The van der Waals surface area contributed by atoms with Crippen LogP contribution in [-0.2, 0) is 4.74 Å². The Morgan fingerprint density at radius 2 is 1.81 bits per heavy atom. The maximum atomic E-state index is 13.3. The second kappa shape index (κ2) is 10.9. The first-order valence-corrected chi connectivity index (χ1v) is 11.2. The molecule has 2 atom stereocenters. The normalized spacial score (nSPS) is 21.3. The van der Waals surface area contributed by atoms with Gasteiger partial charge in [-0.25, -0.2) is 0 Å². The Bertz CT molecular complexity index is 888. The number of carbonyl (C=O) groups excluding carboxylic acids is 1. The highest BCUT2D eigenvalue weighted by Crippen LogP contribution is 2.32. The molecule has 0 unspecified atom stereocenters. The van der Waals surface area contributed by atoms with Gasteiger partial charge in [-0.1, -0.05) is 29.3 Å². The van der Waals surface area contributed by atoms with Gasteiger partial charge in [-0.3, -0.25) is 4.79 Å². The molecule has 0 saturated carbocycles. The van der Waals surface area contributed by atoms with E-state index in [2.05, 4.69) is 10.2 Å². The third-order valence-electron chi connectivity index (χ3n) is 6.13. The number of anilines is 1. The van der Waals surface area contributed by atoms with Gasteiger partial charge in [-0.2, -0.15) is 0 Å². The summed E-state index contributed by atoms with van der Waals surface area (Å²) in [6, 6.07) is 13.8. The van der Waals surface area contributed by atoms with Gasteiger partial charge in [-0.05, 0) is 54.9 Å². The second-order valence-electron chi connectivity index (χ2n) is 7.90. The van der Waals surface area contributed by atoms with Crippen LogP contribution in [0.3, 0.4) is 0 Å². The lowest BCUT2D eigenvalue weighted by Gasteiger charge is -2.39. The predicted octanol–water partition coefficient (Wildman–Crippen LogP) is 4.47. The third-order valence-corrected chi connectivity index (χ3v) is 6.86. The highest BCUT2D eigenvalue weighted by atomic mass is 35.5. The molecular formula is C23H28Cl3N3O2. The van der Waals surface area contributed by atoms with Crippen molar-refractivity contribution in [1.82, 2.24) is 10.2 Å². The lowest BCUT2D eigenvalue weighted by Crippen LogP contribution is -2.49. The molecule has 1 N–H and O–H groups in total. The van der Waals surface area contributed by atoms with E-state index in [0.29, 0.717) is 15.6 Å². The van der Waals surface area contributed by atoms with E-state index in [1.165, 1.54) is 0 Å². The molecule has 31 heavy (non-hydrogen) atoms. The SMILES string of the molecule is CN(C(=O)c1ccc(N2CCOCC2)cc1)[C@@H]1CCNC[C@H]1c1ccc(Cl)c(Cl)c1.Cl. The zero-order valence-electron chi connectivity index (χ0n) is 17.5. The molecular weight excluding hydrogens is 457 g/mol. The molecule has 2 aromatic carbocycles. The van der Waals surface area contributed by atoms with Crippen LogP contribution in [0.1, 0.15) is 28.3 Å². The van der Waals surface area contributed by atoms with E-state index in [-0.39, 0.29) is 30.3 Å². The maximum absolute atomic E-state index is 13.3. The molecule has 4 rings (SSSR count). The maximum Gasteiger partial charge on any atom is 0.253 e. The molecule has 5 nitrogen and oxygen atoms in total. The van der Waals surface area contributed by atoms with Gasteiger partial charge in [0.2, 0.25) is 0 Å². The van der Waals surface area contributed by atoms with Gasteiger partial charge in [0.25, 0.3) is 5.91 Å². The summed E-state index contributed by atoms with van der Waals surface area (Å²) in [6.45, 7) is 4.94. The fourth-order valence-electron chi connectivity index (χ4n) is 4.38. The van der Waals surface area contributed by atoms with Gasteiger partial charge in [0, 0.05) is 49.9 Å². The van der Waals surface area contributed by atoms with Crippen molar-refractivity contribution in [2.45, 2.75) is 18.4 Å². The number of nitrogens with one attached hydrogen (secondary N) is 1. The summed E-state index contributed by atoms with van der Waals surface area (Å²) in [5.74, 6) is 0.204. The van der Waals surface area contributed by atoms with Gasteiger partial charge in [0.1, 0.15) is 0 Å². The summed E-state index contributed by atoms with van der Waals surface area (Å²) >= 11 is 12.3. The first-order chi connectivity index (χ1) is 14.5. The summed E-state index contributed by atoms with van der Waals surface area (Å²) in [5.41, 5.74) is 2.94. The van der Waals surface area contributed by atoms with Crippen LogP contribution in [0, 0.1) is 0 Å². The lowest BCUT2D eigenvalue weighted by molar-refractivity contribution is 0.0679. The number of ether oxygens (including phenoxy) is 1. The minimum atomic E-state index is 0. The van der Waals surface area contributed by atoms with E-state index in [9.17, 15) is 4.79 Å². The van der Waals surface area contributed by atoms with Crippen molar-refractivity contribution in [3.8, 4) is 0 Å². The zero-order chi connectivity index (χ0) is 21.1. The lowest BCUT2D eigenvalue weighted by atomic mass is 9.85. The van der Waals surface area contributed by atoms with Crippen molar-refractivity contribution in [3.05, 3.63) is 63.6 Å². The van der Waals surface area contributed by atoms with E-state index in [4.69, 9.17) is 27.9 Å². The zero-order valence-corrected chi connectivity index (χ0v) is 19.8. The topological polar surface area (TPSA) is 44.8 Å². The fourth-order valence-corrected chi connectivity index (χ4v) is 4.69. The minimum Gasteiger partial charge on any atom is -0.378 e. The molecule has 2 saturated heterocycles. The van der Waals surface area contributed by atoms with Gasteiger partial charge < -0.3 is 19.9 Å². The Morgan fingerprint density at radius 1 is 1.10 bits per heavy atom. The van der Waals surface area contributed by atoms with Crippen LogP contribution in [0.25, 0.3) is 0 Å². The largest absolute Gasteiger partial charge is 0.378 e. The van der Waals surface area contributed by atoms with E-state index < -0.39 is 0 Å². The second-order valence-corrected chi connectivity index (χ2v) is 8.72. The van der Waals surface area contributed by atoms with E-state index in [1.807, 2.05) is 54.4 Å². The fraction of sp³-hybridized carbons (Fsp3) is 0.435. The first kappa shape index (κ1) is 24.1. The van der Waals surface area contributed by atoms with Gasteiger partial charge in [-0.15, -0.1) is 12.4 Å². The Morgan fingerprint density at radius 3 is 2.48 bits per heavy atom. The molecule has 0 spiro atoms. The van der Waals surface area contributed by atoms with Crippen molar-refractivity contribution in [2.24, 2.45) is 0 Å². The van der Waals surface area contributed by atoms with Crippen molar-refractivity contribution in [1.29, 1.82) is 0 Å². The third kappa shape index (κ3) is 5.47. The molecule has 2 aliphatic rings. The monoisotopic (exact) mass is 483 g/mol. The number of rotatable bonds is 4. The van der Waals surface area contributed by atoms with Crippen molar-refractivity contribution in [3.63, 3.8) is 0 Å². The number of hydrogen-bond acceptors (Lipinski definition) is 4. The van der Waals surface area contributed by atoms with Crippen LogP contribution >= 0.6 is 35.6 Å². The Kier molecular flexibility index (Phi) is 8.48. The number of amides is 1. The Balaban J connectivity index is 0.00000272. The molecule has 0 radical (unpaired) electrons. The van der Waals surface area contributed by atoms with Crippen molar-refractivity contribution >= 4 is 47.2 Å². The van der Waals surface area contributed by atoms with Crippen LogP contribution in [0.5, 0.6) is 0 Å². The summed E-state index contributed by atoms with van der Waals surface area (Å²) in [6.07, 6.45) is 0.888. The summed E-state index contributed by atoms with van der Waals surface area (Å²) in [7, 11) is 1.90. The molecule has 8 heteroatoms. The molecule has 2 aromatic rings. The van der Waals surface area contributed by atoms with Crippen LogP contribution in [0.4, 0.5) is 5.69 Å². The number of piperidine rings is 1. The standard InChI is InChI=1S/C23H27Cl2N3O2.ClH/c1-27(22-8-9-26-15-19(22)17-4-7-20(24)21(25)14-17)23(29)16-2-5-18(6-3-16)28-10-12-30-13-11-28;/h2-7,14,19,22,26H,8-13,15H2,1H3;1H/t19-,22+;/m0./s1. The number of carbonyl (C=O) groups is 1. The van der Waals surface area contributed by atoms with Gasteiger partial charge in [0.15, 0.2) is 0 Å². The van der Waals surface area contributed by atoms with E-state index >= 15 is 0 Å². The smallest absolute Gasteiger partial charge is 0.253 e. The molecule has 1 amide bonds. The summed E-state index contributed by atoms with van der Waals surface area (Å²) in [4.78, 5) is 17.4. The highest BCUT2D eigenvalue weighted by molar-refractivity contribution is 6.42. The molecule has 0 bridgehead atoms. The highest BCUT2D eigenvalue weighted by Gasteiger charge is 2.32. The number of benzene rings is 2. The molecule has 0 aliphatic carbocycles. The molecule has 2 fully saturated rings. The summed E-state index contributed by atoms with van der Waals surface area (Å²) in [5, 5.41) is 4.54. The molecule has 2 heterocycles. The number of hydrogen-bond donors (Lipinski definition) is 1. The van der Waals surface area contributed by atoms with Crippen LogP contribution in [0.2, 0.25) is 10.0 Å².